The second-order valence-corrected chi connectivity index (χ2v) is 26.0. The summed E-state index contributed by atoms with van der Waals surface area (Å²) in [5.74, 6) is 1.04. The SMILES string of the molecule is CC1=[C-]C(C)C=C1C(C)(C)C.CC1=[C-]C(C)C=C1C(C)(C)C.C[SiH2][Si](C)(C)C.[Cl-].[Cl-].[Hf+4]. The Bertz CT molecular complexity index is 590. The summed E-state index contributed by atoms with van der Waals surface area (Å²) in [6.07, 6.45) is 11.4. The van der Waals surface area contributed by atoms with Crippen LogP contribution in [0.5, 0.6) is 0 Å². The number of halogens is 2. The van der Waals surface area contributed by atoms with E-state index in [4.69, 9.17) is 0 Å². The minimum atomic E-state index is -0.492. The molecule has 0 bridgehead atoms. The Hall–Kier alpha value is 0.844. The molecule has 0 saturated heterocycles. The van der Waals surface area contributed by atoms with E-state index in [0.29, 0.717) is 31.7 Å². The number of hydrogen-bond donors (Lipinski definition) is 0. The molecule has 178 valence electrons. The number of allylic oxidation sites excluding steroid dienone is 8. The summed E-state index contributed by atoms with van der Waals surface area (Å²) in [5.41, 5.74) is 6.19. The molecule has 5 heteroatoms. The first-order valence-electron chi connectivity index (χ1n) is 11.0. The van der Waals surface area contributed by atoms with Crippen molar-refractivity contribution in [1.82, 2.24) is 0 Å². The van der Waals surface area contributed by atoms with Gasteiger partial charge in [-0.2, -0.15) is 23.3 Å². The molecule has 0 aromatic carbocycles. The first kappa shape index (κ1) is 39.1. The fourth-order valence-electron chi connectivity index (χ4n) is 3.30. The largest absolute Gasteiger partial charge is 4.00 e. The summed E-state index contributed by atoms with van der Waals surface area (Å²) >= 11 is 0. The van der Waals surface area contributed by atoms with E-state index in [1.165, 1.54) is 22.3 Å². The van der Waals surface area contributed by atoms with Crippen molar-refractivity contribution < 1.29 is 50.7 Å². The van der Waals surface area contributed by atoms with Gasteiger partial charge in [0.15, 0.2) is 0 Å². The van der Waals surface area contributed by atoms with Gasteiger partial charge in [0, 0.05) is 16.6 Å². The van der Waals surface area contributed by atoms with Crippen LogP contribution in [0.25, 0.3) is 0 Å². The van der Waals surface area contributed by atoms with Gasteiger partial charge >= 0.3 is 25.8 Å². The molecule has 0 amide bonds. The summed E-state index contributed by atoms with van der Waals surface area (Å²) in [5, 5.41) is 0. The summed E-state index contributed by atoms with van der Waals surface area (Å²) in [6, 6.07) is 0. The zero-order valence-electron chi connectivity index (χ0n) is 22.8. The maximum absolute atomic E-state index is 3.40. The Balaban J connectivity index is -0.000000175. The molecule has 2 aliphatic rings. The summed E-state index contributed by atoms with van der Waals surface area (Å²) in [7, 11) is -0.101. The van der Waals surface area contributed by atoms with E-state index in [0.717, 1.165) is 0 Å². The van der Waals surface area contributed by atoms with Gasteiger partial charge in [0.25, 0.3) is 0 Å². The van der Waals surface area contributed by atoms with Gasteiger partial charge < -0.3 is 24.8 Å². The van der Waals surface area contributed by atoms with Crippen molar-refractivity contribution in [1.29, 1.82) is 0 Å². The van der Waals surface area contributed by atoms with E-state index in [1.54, 1.807) is 0 Å². The normalized spacial score (nSPS) is 20.5. The Morgan fingerprint density at radius 3 is 1.03 bits per heavy atom. The molecule has 0 aromatic rings. The number of rotatable bonds is 1. The minimum Gasteiger partial charge on any atom is -1.00 e. The molecule has 0 nitrogen and oxygen atoms in total. The van der Waals surface area contributed by atoms with Crippen LogP contribution in [0.2, 0.25) is 26.2 Å². The molecule has 2 rings (SSSR count). The molecule has 0 radical (unpaired) electrons. The van der Waals surface area contributed by atoms with Crippen LogP contribution < -0.4 is 24.8 Å². The van der Waals surface area contributed by atoms with Crippen LogP contribution in [-0.4, -0.2) is 16.6 Å². The van der Waals surface area contributed by atoms with Crippen molar-refractivity contribution in [3.63, 3.8) is 0 Å². The van der Waals surface area contributed by atoms with E-state index in [2.05, 4.69) is 120 Å². The molecule has 0 saturated carbocycles. The van der Waals surface area contributed by atoms with Crippen molar-refractivity contribution in [2.24, 2.45) is 22.7 Å². The van der Waals surface area contributed by atoms with Crippen LogP contribution in [0.4, 0.5) is 0 Å². The third-order valence-corrected chi connectivity index (χ3v) is 13.7. The van der Waals surface area contributed by atoms with Gasteiger partial charge in [-0.25, -0.2) is 11.1 Å². The third-order valence-electron chi connectivity index (χ3n) is 5.21. The van der Waals surface area contributed by atoms with E-state index >= 15 is 0 Å². The standard InChI is InChI=1S/2C11H17.C4H14Si2.2ClH.Hf/c2*1-8-6-9(2)10(7-8)11(3,4)5;1-5-6(2,3)4;;;/h2*7-8H,1-5H3;5H2,1-4H3;2*1H;/q2*-1;;;;+4/p-2. The first-order valence-corrected chi connectivity index (χ1v) is 18.3. The van der Waals surface area contributed by atoms with Crippen molar-refractivity contribution in [2.45, 2.75) is 95.4 Å². The van der Waals surface area contributed by atoms with E-state index in [-0.39, 0.29) is 50.7 Å². The Morgan fingerprint density at radius 2 is 0.968 bits per heavy atom. The second kappa shape index (κ2) is 15.7. The van der Waals surface area contributed by atoms with Crippen LogP contribution in [0.1, 0.15) is 69.2 Å². The van der Waals surface area contributed by atoms with E-state index < -0.39 is 7.59 Å². The maximum Gasteiger partial charge on any atom is 4.00 e. The van der Waals surface area contributed by atoms with Crippen LogP contribution >= 0.6 is 0 Å². The quantitative estimate of drug-likeness (QED) is 0.296. The van der Waals surface area contributed by atoms with E-state index in [9.17, 15) is 0 Å². The molecule has 2 atom stereocenters. The van der Waals surface area contributed by atoms with Crippen molar-refractivity contribution >= 4 is 16.6 Å². The van der Waals surface area contributed by atoms with Gasteiger partial charge in [-0.05, 0) is 0 Å². The summed E-state index contributed by atoms with van der Waals surface area (Å²) < 4.78 is 0. The predicted octanol–water partition coefficient (Wildman–Crippen LogP) is 1.76. The fraction of sp³-hybridized carbons (Fsp3) is 0.692. The Labute approximate surface area is 230 Å². The molecular formula is C26H48Cl2HfSi2. The van der Waals surface area contributed by atoms with Gasteiger partial charge in [0.05, 0.1) is 0 Å². The molecule has 0 aromatic heterocycles. The van der Waals surface area contributed by atoms with Gasteiger partial charge in [-0.15, -0.1) is 0 Å². The molecule has 2 aliphatic carbocycles. The topological polar surface area (TPSA) is 0 Å². The number of hydrogen-bond acceptors (Lipinski definition) is 0. The minimum absolute atomic E-state index is 0. The predicted molar refractivity (Wildman–Crippen MR) is 136 cm³/mol. The summed E-state index contributed by atoms with van der Waals surface area (Å²) in [6.45, 7) is 31.9. The smallest absolute Gasteiger partial charge is 1.00 e. The molecule has 0 spiro atoms. The van der Waals surface area contributed by atoms with Crippen LogP contribution in [0, 0.1) is 34.8 Å². The Morgan fingerprint density at radius 1 is 0.742 bits per heavy atom. The first-order chi connectivity index (χ1) is 12.4. The van der Waals surface area contributed by atoms with Gasteiger partial charge in [0.2, 0.25) is 0 Å². The average molecular weight is 666 g/mol. The maximum atomic E-state index is 3.40. The van der Waals surface area contributed by atoms with Crippen molar-refractivity contribution in [3.8, 4) is 0 Å². The zero-order chi connectivity index (χ0) is 22.5. The molecule has 0 N–H and O–H groups in total. The molecule has 0 aliphatic heterocycles. The van der Waals surface area contributed by atoms with Crippen LogP contribution in [-0.2, 0) is 25.8 Å². The van der Waals surface area contributed by atoms with E-state index in [1.807, 2.05) is 0 Å². The Kier molecular flexibility index (Phi) is 19.8. The fourth-order valence-corrected chi connectivity index (χ4v) is 3.30. The van der Waals surface area contributed by atoms with Crippen molar-refractivity contribution in [2.75, 3.05) is 0 Å². The molecule has 0 fully saturated rings. The molecule has 0 heterocycles. The second-order valence-electron chi connectivity index (χ2n) is 11.7. The molecule has 31 heavy (non-hydrogen) atoms. The van der Waals surface area contributed by atoms with Gasteiger partial charge in [-0.1, -0.05) is 118 Å². The molecule has 2 unspecified atom stereocenters. The van der Waals surface area contributed by atoms with Crippen LogP contribution in [0.15, 0.2) is 34.4 Å². The zero-order valence-corrected chi connectivity index (χ0v) is 30.3. The summed E-state index contributed by atoms with van der Waals surface area (Å²) in [4.78, 5) is 0. The van der Waals surface area contributed by atoms with Gasteiger partial charge in [0.1, 0.15) is 0 Å². The van der Waals surface area contributed by atoms with Crippen LogP contribution in [0.3, 0.4) is 0 Å². The average Bonchev–Trinajstić information content (AvgIpc) is 3.00. The van der Waals surface area contributed by atoms with Crippen molar-refractivity contribution in [3.05, 3.63) is 46.6 Å². The van der Waals surface area contributed by atoms with Gasteiger partial charge in [-0.3, -0.25) is 12.2 Å². The molecular weight excluding hydrogens is 618 g/mol. The third kappa shape index (κ3) is 16.2. The monoisotopic (exact) mass is 666 g/mol.